The van der Waals surface area contributed by atoms with Crippen molar-refractivity contribution < 1.29 is 0 Å². The number of nitrogens with one attached hydrogen (secondary N) is 1. The smallest absolute Gasteiger partial charge is 0.114 e. The molecule has 3 atom stereocenters. The Balaban J connectivity index is 1.19. The molecule has 30 heavy (non-hydrogen) atoms. The molecule has 3 aliphatic carbocycles. The van der Waals surface area contributed by atoms with Gasteiger partial charge in [-0.05, 0) is 68.0 Å². The van der Waals surface area contributed by atoms with Gasteiger partial charge in [-0.15, -0.1) is 0 Å². The van der Waals surface area contributed by atoms with Crippen molar-refractivity contribution in [2.24, 2.45) is 17.3 Å². The van der Waals surface area contributed by atoms with E-state index in [1.54, 1.807) is 5.57 Å². The van der Waals surface area contributed by atoms with Gasteiger partial charge in [-0.3, -0.25) is 4.90 Å². The molecule has 160 valence electrons. The number of benzene rings is 1. The monoisotopic (exact) mass is 404 g/mol. The number of likely N-dealkylation sites (tertiary alicyclic amines) is 1. The van der Waals surface area contributed by atoms with E-state index in [1.165, 1.54) is 68.6 Å². The third kappa shape index (κ3) is 2.98. The molecule has 1 saturated carbocycles. The van der Waals surface area contributed by atoms with Gasteiger partial charge in [0.2, 0.25) is 0 Å². The molecule has 0 spiro atoms. The lowest BCUT2D eigenvalue weighted by Gasteiger charge is -2.57. The molecule has 0 radical (unpaired) electrons. The molecule has 0 amide bonds. The first-order chi connectivity index (χ1) is 14.6. The Kier molecular flexibility index (Phi) is 4.58. The summed E-state index contributed by atoms with van der Waals surface area (Å²) in [4.78, 5) is 7.84. The molecule has 2 aromatic rings. The number of imidazole rings is 1. The van der Waals surface area contributed by atoms with E-state index in [-0.39, 0.29) is 0 Å². The zero-order valence-corrected chi connectivity index (χ0v) is 18.6. The zero-order valence-electron chi connectivity index (χ0n) is 18.6. The second kappa shape index (κ2) is 7.20. The van der Waals surface area contributed by atoms with E-state index >= 15 is 0 Å². The van der Waals surface area contributed by atoms with E-state index in [0.29, 0.717) is 17.4 Å². The molecule has 5 aliphatic rings. The predicted molar refractivity (Wildman–Crippen MR) is 123 cm³/mol. The van der Waals surface area contributed by atoms with Gasteiger partial charge in [0.05, 0.1) is 11.0 Å². The first kappa shape index (κ1) is 19.1. The molecule has 2 saturated heterocycles. The maximum Gasteiger partial charge on any atom is 0.114 e. The number of nitrogens with zero attached hydrogens (tertiary/aromatic N) is 3. The molecule has 3 heterocycles. The Bertz CT molecular complexity index is 957. The zero-order chi connectivity index (χ0) is 20.3. The molecule has 4 nitrogen and oxygen atoms in total. The Hall–Kier alpha value is -1.65. The largest absolute Gasteiger partial charge is 0.324 e. The van der Waals surface area contributed by atoms with Crippen molar-refractivity contribution in [1.82, 2.24) is 19.8 Å². The molecule has 1 aromatic heterocycles. The second-order valence-corrected chi connectivity index (χ2v) is 10.8. The molecule has 1 aromatic carbocycles. The number of fused-ring (bicyclic) bond motifs is 2. The van der Waals surface area contributed by atoms with Crippen LogP contribution in [0, 0.1) is 17.3 Å². The fourth-order valence-corrected chi connectivity index (χ4v) is 6.86. The number of rotatable bonds is 4. The molecule has 0 unspecified atom stereocenters. The van der Waals surface area contributed by atoms with Gasteiger partial charge in [-0.2, -0.15) is 0 Å². The third-order valence-electron chi connectivity index (χ3n) is 8.96. The normalized spacial score (nSPS) is 31.7. The van der Waals surface area contributed by atoms with Gasteiger partial charge >= 0.3 is 0 Å². The number of allylic oxidation sites excluding steroid dienone is 1. The summed E-state index contributed by atoms with van der Waals surface area (Å²) in [6.07, 6.45) is 9.05. The van der Waals surface area contributed by atoms with Crippen LogP contribution >= 0.6 is 0 Å². The average Bonchev–Trinajstić information content (AvgIpc) is 3.42. The molecule has 2 aliphatic heterocycles. The van der Waals surface area contributed by atoms with E-state index in [4.69, 9.17) is 4.98 Å². The molecule has 3 fully saturated rings. The molecule has 4 heteroatoms. The van der Waals surface area contributed by atoms with E-state index in [9.17, 15) is 0 Å². The molecule has 7 rings (SSSR count). The topological polar surface area (TPSA) is 33.1 Å². The van der Waals surface area contributed by atoms with Gasteiger partial charge in [-0.25, -0.2) is 4.98 Å². The Morgan fingerprint density at radius 3 is 2.70 bits per heavy atom. The summed E-state index contributed by atoms with van der Waals surface area (Å²) in [5.74, 6) is 3.68. The standard InChI is InChI=1S/C26H36N4/c1-26(2)20-8-7-19(22(26)15-20)17-29-13-10-21(11-14-29)30-24-6-4-3-5-23(24)28-25(30)18-9-12-27-16-18/h3-7,18,20-22,27H,8-17H2,1-2H3/t18-,20+,22-/m1/s1. The fraction of sp³-hybridized carbons (Fsp3) is 0.654. The lowest BCUT2D eigenvalue weighted by Crippen LogP contribution is -2.50. The summed E-state index contributed by atoms with van der Waals surface area (Å²) in [6, 6.07) is 9.37. The van der Waals surface area contributed by atoms with E-state index in [2.05, 4.69) is 59.0 Å². The van der Waals surface area contributed by atoms with Gasteiger partial charge in [-0.1, -0.05) is 37.6 Å². The quantitative estimate of drug-likeness (QED) is 0.747. The van der Waals surface area contributed by atoms with Crippen LogP contribution in [0.4, 0.5) is 0 Å². The van der Waals surface area contributed by atoms with E-state index in [1.807, 2.05) is 0 Å². The number of hydrogen-bond acceptors (Lipinski definition) is 3. The summed E-state index contributed by atoms with van der Waals surface area (Å²) in [5, 5.41) is 3.54. The maximum absolute atomic E-state index is 5.11. The lowest BCUT2D eigenvalue weighted by atomic mass is 9.49. The molecular formula is C26H36N4. The average molecular weight is 405 g/mol. The van der Waals surface area contributed by atoms with Crippen molar-refractivity contribution >= 4 is 11.0 Å². The van der Waals surface area contributed by atoms with Gasteiger partial charge in [0, 0.05) is 38.1 Å². The van der Waals surface area contributed by atoms with Gasteiger partial charge in [0.1, 0.15) is 5.82 Å². The third-order valence-corrected chi connectivity index (χ3v) is 8.96. The van der Waals surface area contributed by atoms with Crippen molar-refractivity contribution in [2.75, 3.05) is 32.7 Å². The maximum atomic E-state index is 5.11. The summed E-state index contributed by atoms with van der Waals surface area (Å²) in [6.45, 7) is 10.8. The summed E-state index contributed by atoms with van der Waals surface area (Å²) in [7, 11) is 0. The lowest BCUT2D eigenvalue weighted by molar-refractivity contribution is -0.0114. The Morgan fingerprint density at radius 1 is 1.13 bits per heavy atom. The molecular weight excluding hydrogens is 368 g/mol. The Morgan fingerprint density at radius 2 is 1.97 bits per heavy atom. The predicted octanol–water partition coefficient (Wildman–Crippen LogP) is 4.74. The van der Waals surface area contributed by atoms with Gasteiger partial charge < -0.3 is 9.88 Å². The Labute approximate surface area is 180 Å². The van der Waals surface area contributed by atoms with Crippen LogP contribution in [-0.2, 0) is 0 Å². The summed E-state index contributed by atoms with van der Waals surface area (Å²) < 4.78 is 2.63. The fourth-order valence-electron chi connectivity index (χ4n) is 6.86. The van der Waals surface area contributed by atoms with E-state index in [0.717, 1.165) is 24.9 Å². The first-order valence-electron chi connectivity index (χ1n) is 12.2. The summed E-state index contributed by atoms with van der Waals surface area (Å²) >= 11 is 0. The highest BCUT2D eigenvalue weighted by molar-refractivity contribution is 5.76. The van der Waals surface area contributed by atoms with Crippen LogP contribution < -0.4 is 5.32 Å². The molecule has 2 bridgehead atoms. The highest BCUT2D eigenvalue weighted by Crippen LogP contribution is 2.59. The van der Waals surface area contributed by atoms with Crippen LogP contribution in [0.5, 0.6) is 0 Å². The van der Waals surface area contributed by atoms with Crippen LogP contribution in [0.3, 0.4) is 0 Å². The van der Waals surface area contributed by atoms with E-state index < -0.39 is 0 Å². The minimum Gasteiger partial charge on any atom is -0.324 e. The number of hydrogen-bond donors (Lipinski definition) is 1. The highest BCUT2D eigenvalue weighted by atomic mass is 15.2. The highest BCUT2D eigenvalue weighted by Gasteiger charge is 2.51. The van der Waals surface area contributed by atoms with Crippen molar-refractivity contribution in [1.29, 1.82) is 0 Å². The number of para-hydroxylation sites is 2. The van der Waals surface area contributed by atoms with Crippen LogP contribution in [0.2, 0.25) is 0 Å². The van der Waals surface area contributed by atoms with Gasteiger partial charge in [0.25, 0.3) is 0 Å². The second-order valence-electron chi connectivity index (χ2n) is 10.8. The van der Waals surface area contributed by atoms with Crippen molar-refractivity contribution in [2.45, 2.75) is 57.9 Å². The van der Waals surface area contributed by atoms with Crippen molar-refractivity contribution in [3.8, 4) is 0 Å². The number of aromatic nitrogens is 2. The molecule has 1 N–H and O–H groups in total. The van der Waals surface area contributed by atoms with Crippen molar-refractivity contribution in [3.63, 3.8) is 0 Å². The van der Waals surface area contributed by atoms with Crippen molar-refractivity contribution in [3.05, 3.63) is 41.7 Å². The first-order valence-corrected chi connectivity index (χ1v) is 12.2. The SMILES string of the molecule is CC1(C)[C@H]2CC=C(CN3CCC(n4c([C@@H]5CCNC5)nc5ccccc54)CC3)[C@H]1C2. The van der Waals surface area contributed by atoms with Crippen LogP contribution in [0.25, 0.3) is 11.0 Å². The minimum atomic E-state index is 0.544. The van der Waals surface area contributed by atoms with Gasteiger partial charge in [0.15, 0.2) is 0 Å². The summed E-state index contributed by atoms with van der Waals surface area (Å²) in [5.41, 5.74) is 4.81. The minimum absolute atomic E-state index is 0.544. The van der Waals surface area contributed by atoms with Crippen LogP contribution in [-0.4, -0.2) is 47.2 Å². The van der Waals surface area contributed by atoms with Crippen LogP contribution in [0.1, 0.15) is 63.7 Å². The van der Waals surface area contributed by atoms with Crippen LogP contribution in [0.15, 0.2) is 35.9 Å². The number of piperidine rings is 1.